The Kier molecular flexibility index (Phi) is 5.00. The predicted molar refractivity (Wildman–Crippen MR) is 74.3 cm³/mol. The van der Waals surface area contributed by atoms with Crippen molar-refractivity contribution in [1.82, 2.24) is 0 Å². The van der Waals surface area contributed by atoms with Crippen molar-refractivity contribution in [2.45, 2.75) is 44.6 Å². The van der Waals surface area contributed by atoms with E-state index in [2.05, 4.69) is 4.90 Å². The summed E-state index contributed by atoms with van der Waals surface area (Å²) in [7, 11) is 0. The molecule has 0 aliphatic heterocycles. The largest absolute Gasteiger partial charge is 0.368 e. The number of hydrogen-bond donors (Lipinski definition) is 1. The molecule has 1 fully saturated rings. The fourth-order valence-electron chi connectivity index (χ4n) is 2.83. The van der Waals surface area contributed by atoms with Crippen LogP contribution in [0.4, 0.5) is 10.1 Å². The summed E-state index contributed by atoms with van der Waals surface area (Å²) in [6.45, 7) is 1.63. The third kappa shape index (κ3) is 3.45. The lowest BCUT2D eigenvalue weighted by molar-refractivity contribution is 0.412. The van der Waals surface area contributed by atoms with Crippen molar-refractivity contribution in [3.8, 4) is 0 Å². The van der Waals surface area contributed by atoms with Gasteiger partial charge in [0.1, 0.15) is 5.82 Å². The summed E-state index contributed by atoms with van der Waals surface area (Å²) in [6.07, 6.45) is 7.33. The van der Waals surface area contributed by atoms with Crippen LogP contribution in [0.3, 0.4) is 0 Å². The van der Waals surface area contributed by atoms with Crippen molar-refractivity contribution in [3.05, 3.63) is 30.1 Å². The fraction of sp³-hybridized carbons (Fsp3) is 0.600. The van der Waals surface area contributed by atoms with Gasteiger partial charge in [-0.25, -0.2) is 4.39 Å². The lowest BCUT2D eigenvalue weighted by atomic mass is 9.93. The van der Waals surface area contributed by atoms with E-state index in [1.165, 1.54) is 38.2 Å². The number of halogens is 1. The summed E-state index contributed by atoms with van der Waals surface area (Å²) in [5.74, 6) is -0.152. The molecule has 2 rings (SSSR count). The normalized spacial score (nSPS) is 16.8. The number of nitrogens with zero attached hydrogens (tertiary/aromatic N) is 1. The third-order valence-electron chi connectivity index (χ3n) is 3.76. The van der Waals surface area contributed by atoms with E-state index in [0.717, 1.165) is 18.7 Å². The quantitative estimate of drug-likeness (QED) is 0.868. The first-order valence-electron chi connectivity index (χ1n) is 7.03. The van der Waals surface area contributed by atoms with Gasteiger partial charge in [-0.15, -0.1) is 0 Å². The predicted octanol–water partition coefficient (Wildman–Crippen LogP) is 3.31. The van der Waals surface area contributed by atoms with Crippen LogP contribution in [0.2, 0.25) is 0 Å². The second kappa shape index (κ2) is 6.74. The van der Waals surface area contributed by atoms with Gasteiger partial charge < -0.3 is 10.6 Å². The van der Waals surface area contributed by atoms with Crippen LogP contribution in [0.25, 0.3) is 0 Å². The second-order valence-corrected chi connectivity index (χ2v) is 5.11. The molecule has 2 nitrogen and oxygen atoms in total. The molecule has 0 heterocycles. The zero-order valence-electron chi connectivity index (χ0n) is 10.9. The lowest BCUT2D eigenvalue weighted by Gasteiger charge is -2.36. The Balaban J connectivity index is 2.12. The fourth-order valence-corrected chi connectivity index (χ4v) is 2.83. The Hall–Kier alpha value is -1.09. The van der Waals surface area contributed by atoms with E-state index in [-0.39, 0.29) is 5.82 Å². The number of benzene rings is 1. The maximum absolute atomic E-state index is 13.4. The van der Waals surface area contributed by atoms with Gasteiger partial charge in [-0.3, -0.25) is 0 Å². The van der Waals surface area contributed by atoms with E-state index in [4.69, 9.17) is 5.73 Å². The van der Waals surface area contributed by atoms with Gasteiger partial charge in [0.2, 0.25) is 0 Å². The van der Waals surface area contributed by atoms with Crippen molar-refractivity contribution >= 4 is 5.69 Å². The third-order valence-corrected chi connectivity index (χ3v) is 3.76. The molecule has 100 valence electrons. The van der Waals surface area contributed by atoms with Crippen LogP contribution in [0.15, 0.2) is 24.3 Å². The minimum atomic E-state index is -0.152. The van der Waals surface area contributed by atoms with Crippen molar-refractivity contribution in [3.63, 3.8) is 0 Å². The van der Waals surface area contributed by atoms with E-state index in [1.54, 1.807) is 12.1 Å². The summed E-state index contributed by atoms with van der Waals surface area (Å²) in [4.78, 5) is 2.36. The molecule has 0 saturated heterocycles. The molecule has 0 amide bonds. The minimum absolute atomic E-state index is 0.152. The van der Waals surface area contributed by atoms with Crippen LogP contribution in [0.1, 0.15) is 38.5 Å². The molecule has 0 radical (unpaired) electrons. The van der Waals surface area contributed by atoms with Crippen molar-refractivity contribution in [1.29, 1.82) is 0 Å². The monoisotopic (exact) mass is 250 g/mol. The van der Waals surface area contributed by atoms with Crippen LogP contribution >= 0.6 is 0 Å². The molecule has 1 aliphatic carbocycles. The molecule has 1 aromatic rings. The Morgan fingerprint density at radius 1 is 1.22 bits per heavy atom. The van der Waals surface area contributed by atoms with Crippen molar-refractivity contribution in [2.75, 3.05) is 18.0 Å². The number of rotatable bonds is 5. The highest BCUT2D eigenvalue weighted by molar-refractivity contribution is 5.47. The Morgan fingerprint density at radius 2 is 2.00 bits per heavy atom. The van der Waals surface area contributed by atoms with E-state index >= 15 is 0 Å². The molecule has 0 bridgehead atoms. The zero-order valence-corrected chi connectivity index (χ0v) is 10.9. The molecule has 1 saturated carbocycles. The molecule has 0 atom stereocenters. The van der Waals surface area contributed by atoms with Crippen LogP contribution in [-0.4, -0.2) is 19.1 Å². The molecule has 1 aromatic carbocycles. The molecular weight excluding hydrogens is 227 g/mol. The summed E-state index contributed by atoms with van der Waals surface area (Å²) >= 11 is 0. The summed E-state index contributed by atoms with van der Waals surface area (Å²) in [6, 6.07) is 7.51. The van der Waals surface area contributed by atoms with E-state index in [9.17, 15) is 4.39 Å². The minimum Gasteiger partial charge on any atom is -0.368 e. The van der Waals surface area contributed by atoms with E-state index < -0.39 is 0 Å². The lowest BCUT2D eigenvalue weighted by Crippen LogP contribution is -2.38. The van der Waals surface area contributed by atoms with E-state index in [0.29, 0.717) is 12.6 Å². The van der Waals surface area contributed by atoms with E-state index in [1.807, 2.05) is 6.07 Å². The highest BCUT2D eigenvalue weighted by atomic mass is 19.1. The van der Waals surface area contributed by atoms with Gasteiger partial charge in [0.25, 0.3) is 0 Å². The van der Waals surface area contributed by atoms with Gasteiger partial charge in [0.15, 0.2) is 0 Å². The number of anilines is 1. The summed E-state index contributed by atoms with van der Waals surface area (Å²) in [5, 5.41) is 0. The average Bonchev–Trinajstić information content (AvgIpc) is 2.40. The topological polar surface area (TPSA) is 29.3 Å². The average molecular weight is 250 g/mol. The van der Waals surface area contributed by atoms with Gasteiger partial charge in [0.05, 0.1) is 0 Å². The van der Waals surface area contributed by atoms with Crippen LogP contribution in [0.5, 0.6) is 0 Å². The molecular formula is C15H23FN2. The SMILES string of the molecule is NCCCN(c1cccc(F)c1)C1CCCCC1. The van der Waals surface area contributed by atoms with Gasteiger partial charge in [-0.1, -0.05) is 25.3 Å². The highest BCUT2D eigenvalue weighted by Gasteiger charge is 2.21. The Morgan fingerprint density at radius 3 is 2.67 bits per heavy atom. The van der Waals surface area contributed by atoms with Gasteiger partial charge in [-0.05, 0) is 44.0 Å². The van der Waals surface area contributed by atoms with Crippen LogP contribution in [0, 0.1) is 5.82 Å². The number of hydrogen-bond acceptors (Lipinski definition) is 2. The first-order chi connectivity index (χ1) is 8.81. The smallest absolute Gasteiger partial charge is 0.125 e. The zero-order chi connectivity index (χ0) is 12.8. The van der Waals surface area contributed by atoms with Crippen molar-refractivity contribution < 1.29 is 4.39 Å². The standard InChI is InChI=1S/C15H23FN2/c16-13-6-4-9-15(12-13)18(11-5-10-17)14-7-2-1-3-8-14/h4,6,9,12,14H,1-3,5,7-8,10-11,17H2. The Labute approximate surface area is 109 Å². The first kappa shape index (κ1) is 13.3. The molecule has 1 aliphatic rings. The number of nitrogens with two attached hydrogens (primary N) is 1. The summed E-state index contributed by atoms with van der Waals surface area (Å²) < 4.78 is 13.4. The molecule has 18 heavy (non-hydrogen) atoms. The second-order valence-electron chi connectivity index (χ2n) is 5.11. The molecule has 0 unspecified atom stereocenters. The first-order valence-corrected chi connectivity index (χ1v) is 7.03. The molecule has 3 heteroatoms. The van der Waals surface area contributed by atoms with Gasteiger partial charge >= 0.3 is 0 Å². The highest BCUT2D eigenvalue weighted by Crippen LogP contribution is 2.27. The van der Waals surface area contributed by atoms with Gasteiger partial charge in [-0.2, -0.15) is 0 Å². The van der Waals surface area contributed by atoms with Crippen LogP contribution < -0.4 is 10.6 Å². The van der Waals surface area contributed by atoms with Crippen LogP contribution in [-0.2, 0) is 0 Å². The van der Waals surface area contributed by atoms with Crippen molar-refractivity contribution in [2.24, 2.45) is 5.73 Å². The Bertz CT molecular complexity index is 361. The maximum Gasteiger partial charge on any atom is 0.125 e. The summed E-state index contributed by atoms with van der Waals surface area (Å²) in [5.41, 5.74) is 6.62. The van der Waals surface area contributed by atoms with Gasteiger partial charge in [0, 0.05) is 18.3 Å². The molecule has 0 aromatic heterocycles. The maximum atomic E-state index is 13.4. The molecule has 2 N–H and O–H groups in total. The molecule has 0 spiro atoms.